The Bertz CT molecular complexity index is 1050. The Kier molecular flexibility index (Phi) is 5.70. The van der Waals surface area contributed by atoms with Crippen molar-refractivity contribution in [2.75, 3.05) is 32.7 Å². The summed E-state index contributed by atoms with van der Waals surface area (Å²) in [6.45, 7) is 2.71. The van der Waals surface area contributed by atoms with Crippen molar-refractivity contribution < 1.29 is 17.2 Å². The molecular weight excluding hydrogens is 395 g/mol. The summed E-state index contributed by atoms with van der Waals surface area (Å²) in [5.74, 6) is 0.603. The first-order valence-electron chi connectivity index (χ1n) is 9.38. The van der Waals surface area contributed by atoms with Crippen LogP contribution in [0.3, 0.4) is 0 Å². The van der Waals surface area contributed by atoms with Gasteiger partial charge in [-0.1, -0.05) is 18.2 Å². The first-order valence-corrected chi connectivity index (χ1v) is 10.8. The summed E-state index contributed by atoms with van der Waals surface area (Å²) in [5.41, 5.74) is 0.880. The van der Waals surface area contributed by atoms with Crippen LogP contribution in [0.25, 0.3) is 11.5 Å². The topological polar surface area (TPSA) is 79.5 Å². The number of piperazine rings is 1. The predicted molar refractivity (Wildman–Crippen MR) is 105 cm³/mol. The van der Waals surface area contributed by atoms with Crippen LogP contribution in [0.5, 0.6) is 0 Å². The fraction of sp³-hybridized carbons (Fsp3) is 0.300. The minimum Gasteiger partial charge on any atom is -0.421 e. The SMILES string of the molecule is O=S(=O)(c1ccc(F)cc1)N1CCN(CCc2nnc(-c3ccccc3)o2)CC1. The lowest BCUT2D eigenvalue weighted by molar-refractivity contribution is 0.187. The van der Waals surface area contributed by atoms with E-state index in [1.807, 2.05) is 30.3 Å². The third-order valence-corrected chi connectivity index (χ3v) is 6.83. The quantitative estimate of drug-likeness (QED) is 0.614. The Labute approximate surface area is 168 Å². The summed E-state index contributed by atoms with van der Waals surface area (Å²) in [5, 5.41) is 8.18. The van der Waals surface area contributed by atoms with Crippen LogP contribution >= 0.6 is 0 Å². The number of sulfonamides is 1. The Morgan fingerprint density at radius 2 is 1.62 bits per heavy atom. The van der Waals surface area contributed by atoms with Gasteiger partial charge in [0, 0.05) is 44.7 Å². The second-order valence-electron chi connectivity index (χ2n) is 6.82. The Hall–Kier alpha value is -2.62. The van der Waals surface area contributed by atoms with Gasteiger partial charge >= 0.3 is 0 Å². The first kappa shape index (κ1) is 19.7. The van der Waals surface area contributed by atoms with Crippen LogP contribution in [0.2, 0.25) is 0 Å². The minimum absolute atomic E-state index is 0.117. The van der Waals surface area contributed by atoms with Crippen molar-refractivity contribution in [1.29, 1.82) is 0 Å². The molecule has 1 aromatic heterocycles. The molecule has 1 saturated heterocycles. The average Bonchev–Trinajstić information content (AvgIpc) is 3.23. The average molecular weight is 416 g/mol. The van der Waals surface area contributed by atoms with E-state index in [1.54, 1.807) is 0 Å². The first-order chi connectivity index (χ1) is 14.0. The molecule has 0 atom stereocenters. The summed E-state index contributed by atoms with van der Waals surface area (Å²) in [7, 11) is -3.60. The highest BCUT2D eigenvalue weighted by Crippen LogP contribution is 2.19. The zero-order chi connectivity index (χ0) is 20.3. The van der Waals surface area contributed by atoms with Gasteiger partial charge in [-0.05, 0) is 36.4 Å². The fourth-order valence-corrected chi connectivity index (χ4v) is 4.68. The van der Waals surface area contributed by atoms with Gasteiger partial charge in [0.2, 0.25) is 21.8 Å². The third kappa shape index (κ3) is 4.52. The van der Waals surface area contributed by atoms with Crippen molar-refractivity contribution in [2.45, 2.75) is 11.3 Å². The zero-order valence-corrected chi connectivity index (χ0v) is 16.6. The Balaban J connectivity index is 1.30. The molecule has 1 fully saturated rings. The molecule has 0 saturated carbocycles. The van der Waals surface area contributed by atoms with Crippen LogP contribution in [0, 0.1) is 5.82 Å². The van der Waals surface area contributed by atoms with E-state index in [0.29, 0.717) is 50.9 Å². The van der Waals surface area contributed by atoms with Crippen LogP contribution in [0.4, 0.5) is 4.39 Å². The molecule has 0 aliphatic carbocycles. The molecule has 9 heteroatoms. The molecule has 7 nitrogen and oxygen atoms in total. The molecule has 3 aromatic rings. The molecule has 2 heterocycles. The second-order valence-corrected chi connectivity index (χ2v) is 8.75. The van der Waals surface area contributed by atoms with Crippen LogP contribution in [-0.2, 0) is 16.4 Å². The second kappa shape index (κ2) is 8.40. The van der Waals surface area contributed by atoms with Gasteiger partial charge in [0.1, 0.15) is 5.82 Å². The maximum atomic E-state index is 13.1. The smallest absolute Gasteiger partial charge is 0.247 e. The van der Waals surface area contributed by atoms with Crippen molar-refractivity contribution in [3.8, 4) is 11.5 Å². The third-order valence-electron chi connectivity index (χ3n) is 4.91. The summed E-state index contributed by atoms with van der Waals surface area (Å²) in [4.78, 5) is 2.29. The van der Waals surface area contributed by atoms with E-state index in [4.69, 9.17) is 4.42 Å². The molecule has 1 aliphatic heterocycles. The van der Waals surface area contributed by atoms with Crippen molar-refractivity contribution in [3.05, 3.63) is 66.3 Å². The molecule has 0 N–H and O–H groups in total. The number of nitrogens with zero attached hydrogens (tertiary/aromatic N) is 4. The van der Waals surface area contributed by atoms with Gasteiger partial charge < -0.3 is 9.32 Å². The molecule has 1 aliphatic rings. The van der Waals surface area contributed by atoms with Crippen molar-refractivity contribution in [3.63, 3.8) is 0 Å². The highest BCUT2D eigenvalue weighted by molar-refractivity contribution is 7.89. The molecular formula is C20H21FN4O3S. The summed E-state index contributed by atoms with van der Waals surface area (Å²) in [6, 6.07) is 14.5. The number of halogens is 1. The van der Waals surface area contributed by atoms with Gasteiger partial charge in [-0.25, -0.2) is 12.8 Å². The van der Waals surface area contributed by atoms with E-state index in [0.717, 1.165) is 17.7 Å². The predicted octanol–water partition coefficient (Wildman–Crippen LogP) is 2.42. The lowest BCUT2D eigenvalue weighted by Gasteiger charge is -2.33. The van der Waals surface area contributed by atoms with E-state index < -0.39 is 15.8 Å². The molecule has 29 heavy (non-hydrogen) atoms. The highest BCUT2D eigenvalue weighted by atomic mass is 32.2. The van der Waals surface area contributed by atoms with Crippen molar-refractivity contribution in [2.24, 2.45) is 0 Å². The van der Waals surface area contributed by atoms with Gasteiger partial charge in [0.15, 0.2) is 0 Å². The van der Waals surface area contributed by atoms with Crippen LogP contribution < -0.4 is 0 Å². The van der Waals surface area contributed by atoms with E-state index in [-0.39, 0.29) is 4.90 Å². The van der Waals surface area contributed by atoms with E-state index in [2.05, 4.69) is 15.1 Å². The van der Waals surface area contributed by atoms with Gasteiger partial charge in [0.05, 0.1) is 4.90 Å². The molecule has 0 bridgehead atoms. The summed E-state index contributed by atoms with van der Waals surface area (Å²) < 4.78 is 45.6. The standard InChI is InChI=1S/C20H21FN4O3S/c21-17-6-8-18(9-7-17)29(26,27)25-14-12-24(13-15-25)11-10-19-22-23-20(28-19)16-4-2-1-3-5-16/h1-9H,10-15H2. The lowest BCUT2D eigenvalue weighted by Crippen LogP contribution is -2.49. The molecule has 0 amide bonds. The van der Waals surface area contributed by atoms with Gasteiger partial charge in [-0.2, -0.15) is 4.31 Å². The maximum absolute atomic E-state index is 13.1. The van der Waals surface area contributed by atoms with E-state index >= 15 is 0 Å². The van der Waals surface area contributed by atoms with Crippen LogP contribution in [-0.4, -0.2) is 60.5 Å². The van der Waals surface area contributed by atoms with Gasteiger partial charge in [0.25, 0.3) is 0 Å². The maximum Gasteiger partial charge on any atom is 0.247 e. The number of hydrogen-bond donors (Lipinski definition) is 0. The molecule has 4 rings (SSSR count). The molecule has 152 valence electrons. The number of benzene rings is 2. The number of hydrogen-bond acceptors (Lipinski definition) is 6. The Morgan fingerprint density at radius 3 is 2.31 bits per heavy atom. The molecule has 0 radical (unpaired) electrons. The largest absolute Gasteiger partial charge is 0.421 e. The van der Waals surface area contributed by atoms with Crippen LogP contribution in [0.1, 0.15) is 5.89 Å². The van der Waals surface area contributed by atoms with Crippen molar-refractivity contribution >= 4 is 10.0 Å². The molecule has 0 unspecified atom stereocenters. The van der Waals surface area contributed by atoms with Crippen molar-refractivity contribution in [1.82, 2.24) is 19.4 Å². The number of rotatable bonds is 6. The fourth-order valence-electron chi connectivity index (χ4n) is 3.25. The summed E-state index contributed by atoms with van der Waals surface area (Å²) in [6.07, 6.45) is 0.602. The lowest BCUT2D eigenvalue weighted by atomic mass is 10.2. The van der Waals surface area contributed by atoms with E-state index in [9.17, 15) is 12.8 Å². The zero-order valence-electron chi connectivity index (χ0n) is 15.7. The van der Waals surface area contributed by atoms with Gasteiger partial charge in [-0.3, -0.25) is 0 Å². The normalized spacial score (nSPS) is 16.2. The summed E-state index contributed by atoms with van der Waals surface area (Å²) >= 11 is 0. The number of aromatic nitrogens is 2. The molecule has 0 spiro atoms. The van der Waals surface area contributed by atoms with E-state index in [1.165, 1.54) is 16.4 Å². The highest BCUT2D eigenvalue weighted by Gasteiger charge is 2.28. The Morgan fingerprint density at radius 1 is 0.931 bits per heavy atom. The van der Waals surface area contributed by atoms with Crippen LogP contribution in [0.15, 0.2) is 63.9 Å². The van der Waals surface area contributed by atoms with Gasteiger partial charge in [-0.15, -0.1) is 10.2 Å². The molecule has 2 aromatic carbocycles. The minimum atomic E-state index is -3.60. The monoisotopic (exact) mass is 416 g/mol.